The van der Waals surface area contributed by atoms with Crippen LogP contribution in [0, 0.1) is 0 Å². The second-order valence-corrected chi connectivity index (χ2v) is 5.48. The Morgan fingerprint density at radius 2 is 2.05 bits per heavy atom. The molecule has 0 spiro atoms. The molecular formula is C13H12Cl2N4O2. The maximum absolute atomic E-state index is 11.5. The summed E-state index contributed by atoms with van der Waals surface area (Å²) in [7, 11) is 0. The third-order valence-corrected chi connectivity index (χ3v) is 4.04. The predicted octanol–water partition coefficient (Wildman–Crippen LogP) is 1.63. The molecule has 21 heavy (non-hydrogen) atoms. The van der Waals surface area contributed by atoms with Gasteiger partial charge in [0.2, 0.25) is 5.91 Å². The Balaban J connectivity index is 2.03. The number of morpholine rings is 1. The summed E-state index contributed by atoms with van der Waals surface area (Å²) in [4.78, 5) is 22.1. The Bertz CT molecular complexity index is 710. The first-order chi connectivity index (χ1) is 10.1. The lowest BCUT2D eigenvalue weighted by atomic mass is 10.2. The maximum atomic E-state index is 11.5. The number of primary amides is 1. The number of halogens is 2. The molecule has 0 aliphatic carbocycles. The van der Waals surface area contributed by atoms with Crippen molar-refractivity contribution in [3.05, 3.63) is 28.4 Å². The van der Waals surface area contributed by atoms with E-state index in [1.807, 2.05) is 0 Å². The van der Waals surface area contributed by atoms with E-state index in [0.29, 0.717) is 40.0 Å². The predicted molar refractivity (Wildman–Crippen MR) is 80.7 cm³/mol. The van der Waals surface area contributed by atoms with Crippen LogP contribution < -0.4 is 10.6 Å². The van der Waals surface area contributed by atoms with E-state index in [1.165, 1.54) is 0 Å². The van der Waals surface area contributed by atoms with E-state index in [9.17, 15) is 4.79 Å². The Labute approximate surface area is 130 Å². The largest absolute Gasteiger partial charge is 0.377 e. The van der Waals surface area contributed by atoms with Crippen molar-refractivity contribution < 1.29 is 9.53 Å². The molecule has 1 unspecified atom stereocenters. The Kier molecular flexibility index (Phi) is 3.84. The number of ether oxygens (including phenoxy) is 1. The molecule has 2 N–H and O–H groups in total. The van der Waals surface area contributed by atoms with E-state index in [4.69, 9.17) is 33.7 Å². The first-order valence-electron chi connectivity index (χ1n) is 6.32. The number of carbonyl (C=O) groups is 1. The van der Waals surface area contributed by atoms with E-state index in [-0.39, 0.29) is 6.61 Å². The number of hydrogen-bond acceptors (Lipinski definition) is 5. The smallest absolute Gasteiger partial charge is 0.242 e. The molecule has 6 nitrogen and oxygen atoms in total. The normalized spacial score (nSPS) is 19.0. The summed E-state index contributed by atoms with van der Waals surface area (Å²) in [5.74, 6) is 0.110. The highest BCUT2D eigenvalue weighted by molar-refractivity contribution is 6.42. The van der Waals surface area contributed by atoms with Crippen LogP contribution in [0.1, 0.15) is 0 Å². The number of hydrogen-bond donors (Lipinski definition) is 1. The second kappa shape index (κ2) is 5.63. The van der Waals surface area contributed by atoms with Gasteiger partial charge in [0.05, 0.1) is 40.5 Å². The van der Waals surface area contributed by atoms with Crippen molar-refractivity contribution in [3.63, 3.8) is 0 Å². The molecule has 8 heteroatoms. The summed E-state index contributed by atoms with van der Waals surface area (Å²) in [6.07, 6.45) is 1.59. The molecular weight excluding hydrogens is 315 g/mol. The first-order valence-corrected chi connectivity index (χ1v) is 7.07. The van der Waals surface area contributed by atoms with Crippen molar-refractivity contribution in [2.75, 3.05) is 24.7 Å². The number of fused-ring (bicyclic) bond motifs is 1. The van der Waals surface area contributed by atoms with Gasteiger partial charge in [0.25, 0.3) is 0 Å². The molecule has 1 atom stereocenters. The Hall–Kier alpha value is -1.63. The molecule has 0 saturated carbocycles. The number of benzene rings is 1. The highest BCUT2D eigenvalue weighted by atomic mass is 35.5. The minimum absolute atomic E-state index is 0.246. The van der Waals surface area contributed by atoms with Gasteiger partial charge in [0.15, 0.2) is 0 Å². The molecule has 3 rings (SSSR count). The van der Waals surface area contributed by atoms with Gasteiger partial charge in [-0.05, 0) is 12.1 Å². The Morgan fingerprint density at radius 1 is 1.33 bits per heavy atom. The number of amides is 1. The molecule has 1 fully saturated rings. The lowest BCUT2D eigenvalue weighted by Gasteiger charge is -2.34. The van der Waals surface area contributed by atoms with Gasteiger partial charge in [-0.2, -0.15) is 0 Å². The number of carbonyl (C=O) groups excluding carboxylic acids is 1. The highest BCUT2D eigenvalue weighted by Gasteiger charge is 2.29. The highest BCUT2D eigenvalue weighted by Crippen LogP contribution is 2.27. The zero-order valence-corrected chi connectivity index (χ0v) is 12.4. The summed E-state index contributed by atoms with van der Waals surface area (Å²) in [5.41, 5.74) is 6.65. The monoisotopic (exact) mass is 326 g/mol. The quantitative estimate of drug-likeness (QED) is 0.907. The van der Waals surface area contributed by atoms with E-state index < -0.39 is 11.9 Å². The zero-order chi connectivity index (χ0) is 15.0. The van der Waals surface area contributed by atoms with Crippen LogP contribution in [0.5, 0.6) is 0 Å². The fraction of sp³-hybridized carbons (Fsp3) is 0.308. The van der Waals surface area contributed by atoms with Gasteiger partial charge in [-0.3, -0.25) is 9.78 Å². The van der Waals surface area contributed by atoms with Gasteiger partial charge in [-0.1, -0.05) is 23.2 Å². The molecule has 0 bridgehead atoms. The second-order valence-electron chi connectivity index (χ2n) is 4.67. The number of nitrogens with zero attached hydrogens (tertiary/aromatic N) is 3. The molecule has 1 aromatic heterocycles. The van der Waals surface area contributed by atoms with Crippen LogP contribution in [0.4, 0.5) is 5.82 Å². The Morgan fingerprint density at radius 3 is 2.76 bits per heavy atom. The number of aromatic nitrogens is 2. The summed E-state index contributed by atoms with van der Waals surface area (Å²) in [6, 6.07) is 2.75. The topological polar surface area (TPSA) is 81.3 Å². The first kappa shape index (κ1) is 14.3. The van der Waals surface area contributed by atoms with Gasteiger partial charge in [0.1, 0.15) is 11.9 Å². The third-order valence-electron chi connectivity index (χ3n) is 3.32. The van der Waals surface area contributed by atoms with E-state index in [2.05, 4.69) is 9.97 Å². The van der Waals surface area contributed by atoms with Crippen LogP contribution in [0.25, 0.3) is 11.0 Å². The van der Waals surface area contributed by atoms with Crippen molar-refractivity contribution in [1.29, 1.82) is 0 Å². The fourth-order valence-corrected chi connectivity index (χ4v) is 2.57. The molecule has 1 saturated heterocycles. The summed E-state index contributed by atoms with van der Waals surface area (Å²) >= 11 is 12.0. The SMILES string of the molecule is NC(=O)C1COCCN1c1cnc2cc(Cl)c(Cl)cc2n1. The molecule has 1 aliphatic rings. The van der Waals surface area contributed by atoms with Crippen LogP contribution in [0.15, 0.2) is 18.3 Å². The lowest BCUT2D eigenvalue weighted by molar-refractivity contribution is -0.121. The number of rotatable bonds is 2. The lowest BCUT2D eigenvalue weighted by Crippen LogP contribution is -2.53. The fourth-order valence-electron chi connectivity index (χ4n) is 2.25. The molecule has 0 radical (unpaired) electrons. The molecule has 1 aliphatic heterocycles. The van der Waals surface area contributed by atoms with Crippen LogP contribution in [-0.2, 0) is 9.53 Å². The number of anilines is 1. The minimum Gasteiger partial charge on any atom is -0.377 e. The third kappa shape index (κ3) is 2.74. The van der Waals surface area contributed by atoms with E-state index in [1.54, 1.807) is 23.2 Å². The van der Waals surface area contributed by atoms with Crippen LogP contribution in [-0.4, -0.2) is 41.7 Å². The van der Waals surface area contributed by atoms with Crippen LogP contribution >= 0.6 is 23.2 Å². The van der Waals surface area contributed by atoms with Gasteiger partial charge < -0.3 is 15.4 Å². The molecule has 2 aromatic rings. The minimum atomic E-state index is -0.548. The average molecular weight is 327 g/mol. The van der Waals surface area contributed by atoms with E-state index in [0.717, 1.165) is 0 Å². The van der Waals surface area contributed by atoms with Crippen molar-refractivity contribution >= 4 is 46.0 Å². The molecule has 2 heterocycles. The molecule has 110 valence electrons. The summed E-state index contributed by atoms with van der Waals surface area (Å²) < 4.78 is 5.29. The maximum Gasteiger partial charge on any atom is 0.242 e. The van der Waals surface area contributed by atoms with Gasteiger partial charge in [0, 0.05) is 6.54 Å². The van der Waals surface area contributed by atoms with Gasteiger partial charge >= 0.3 is 0 Å². The van der Waals surface area contributed by atoms with Crippen molar-refractivity contribution in [2.24, 2.45) is 5.73 Å². The van der Waals surface area contributed by atoms with Gasteiger partial charge in [-0.25, -0.2) is 4.98 Å². The van der Waals surface area contributed by atoms with Crippen LogP contribution in [0.2, 0.25) is 10.0 Å². The van der Waals surface area contributed by atoms with Crippen molar-refractivity contribution in [1.82, 2.24) is 9.97 Å². The van der Waals surface area contributed by atoms with E-state index >= 15 is 0 Å². The van der Waals surface area contributed by atoms with Crippen molar-refractivity contribution in [2.45, 2.75) is 6.04 Å². The summed E-state index contributed by atoms with van der Waals surface area (Å²) in [5, 5.41) is 0.830. The van der Waals surface area contributed by atoms with Crippen LogP contribution in [0.3, 0.4) is 0 Å². The van der Waals surface area contributed by atoms with Crippen molar-refractivity contribution in [3.8, 4) is 0 Å². The average Bonchev–Trinajstić information content (AvgIpc) is 2.48. The zero-order valence-electron chi connectivity index (χ0n) is 10.9. The molecule has 1 aromatic carbocycles. The standard InChI is InChI=1S/C13H12Cl2N4O2/c14-7-3-9-10(4-8(7)15)18-12(5-17-9)19-1-2-21-6-11(19)13(16)20/h3-5,11H,1-2,6H2,(H2,16,20). The van der Waals surface area contributed by atoms with Gasteiger partial charge in [-0.15, -0.1) is 0 Å². The summed E-state index contributed by atoms with van der Waals surface area (Å²) in [6.45, 7) is 1.27. The number of nitrogens with two attached hydrogens (primary N) is 1. The molecule has 1 amide bonds.